The molecule has 1 aliphatic heterocycles. The van der Waals surface area contributed by atoms with E-state index in [1.807, 2.05) is 0 Å². The van der Waals surface area contributed by atoms with Crippen molar-refractivity contribution in [1.29, 1.82) is 0 Å². The largest absolute Gasteiger partial charge is 0.394 e. The molecule has 0 bridgehead atoms. The third kappa shape index (κ3) is 50.3. The van der Waals surface area contributed by atoms with Crippen LogP contribution in [0.1, 0.15) is 380 Å². The Morgan fingerprint density at radius 2 is 0.686 bits per heavy atom. The number of aliphatic hydroxyl groups excluding tert-OH is 7. The second-order valence-electron chi connectivity index (χ2n) is 26.7. The van der Waals surface area contributed by atoms with Gasteiger partial charge in [0.05, 0.1) is 25.4 Å². The number of unbranched alkanes of at least 4 members (excludes halogenated alkanes) is 51. The lowest BCUT2D eigenvalue weighted by Gasteiger charge is -2.40. The molecule has 8 N–H and O–H groups in total. The van der Waals surface area contributed by atoms with Gasteiger partial charge in [-0.1, -0.05) is 340 Å². The van der Waals surface area contributed by atoms with Gasteiger partial charge in [0, 0.05) is 0 Å². The van der Waals surface area contributed by atoms with Crippen LogP contribution < -0.4 is 5.32 Å². The Morgan fingerprint density at radius 1 is 0.395 bits per heavy atom. The van der Waals surface area contributed by atoms with Crippen LogP contribution in [-0.2, 0) is 14.3 Å². The fourth-order valence-corrected chi connectivity index (χ4v) is 12.4. The summed E-state index contributed by atoms with van der Waals surface area (Å²) in [6.07, 6.45) is 70.0. The van der Waals surface area contributed by atoms with E-state index in [0.717, 1.165) is 38.5 Å². The summed E-state index contributed by atoms with van der Waals surface area (Å²) in [7, 11) is 0. The van der Waals surface area contributed by atoms with Gasteiger partial charge in [0.15, 0.2) is 6.29 Å². The molecule has 1 rings (SSSR count). The van der Waals surface area contributed by atoms with Crippen molar-refractivity contribution >= 4 is 5.91 Å². The third-order valence-electron chi connectivity index (χ3n) is 18.5. The van der Waals surface area contributed by atoms with Crippen LogP contribution >= 0.6 is 0 Å². The van der Waals surface area contributed by atoms with Gasteiger partial charge in [0.1, 0.15) is 36.6 Å². The normalized spacial score (nSPS) is 18.8. The first-order chi connectivity index (χ1) is 42.2. The molecular formula is C75H145NO10. The van der Waals surface area contributed by atoms with Gasteiger partial charge in [-0.25, -0.2) is 0 Å². The molecule has 9 unspecified atom stereocenters. The molecule has 86 heavy (non-hydrogen) atoms. The average Bonchev–Trinajstić information content (AvgIpc) is 3.00. The Balaban J connectivity index is 2.18. The van der Waals surface area contributed by atoms with Gasteiger partial charge in [0.2, 0.25) is 5.91 Å². The summed E-state index contributed by atoms with van der Waals surface area (Å²) >= 11 is 0. The second-order valence-corrected chi connectivity index (χ2v) is 26.7. The maximum Gasteiger partial charge on any atom is 0.249 e. The standard InChI is InChI=1S/C75H145NO10/c1-3-5-7-9-11-13-15-17-19-21-23-25-27-29-31-33-35-36-38-40-42-44-46-48-50-52-54-56-58-60-62-67(78)70(80)66(65-85-75-73(83)72(82)71(81)69(64-77)86-75)76-74(84)68(79)63-61-59-57-55-53-51-49-47-45-43-41-39-37-34-32-30-28-26-24-22-20-18-16-14-12-10-8-6-4-2/h30,32,54,56,66-73,75,77-83H,3-29,31,33-53,55,57-65H2,1-2H3,(H,76,84)/b32-30-,56-54+. The summed E-state index contributed by atoms with van der Waals surface area (Å²) in [5.74, 6) is -0.700. The monoisotopic (exact) mass is 1220 g/mol. The van der Waals surface area contributed by atoms with E-state index in [-0.39, 0.29) is 12.8 Å². The second kappa shape index (κ2) is 63.7. The fraction of sp³-hybridized carbons (Fsp3) is 0.933. The van der Waals surface area contributed by atoms with E-state index in [1.165, 1.54) is 302 Å². The number of carbonyl (C=O) groups is 1. The summed E-state index contributed by atoms with van der Waals surface area (Å²) in [5, 5.41) is 76.6. The van der Waals surface area contributed by atoms with Crippen molar-refractivity contribution in [3.63, 3.8) is 0 Å². The highest BCUT2D eigenvalue weighted by Crippen LogP contribution is 2.24. The molecule has 11 heteroatoms. The summed E-state index contributed by atoms with van der Waals surface area (Å²) in [6, 6.07) is -1.19. The van der Waals surface area contributed by atoms with Crippen molar-refractivity contribution in [3.8, 4) is 0 Å². The van der Waals surface area contributed by atoms with Crippen molar-refractivity contribution in [2.24, 2.45) is 0 Å². The van der Waals surface area contributed by atoms with E-state index in [1.54, 1.807) is 0 Å². The maximum absolute atomic E-state index is 13.3. The number of hydrogen-bond donors (Lipinski definition) is 8. The number of carbonyl (C=O) groups excluding carboxylic acids is 1. The molecule has 9 atom stereocenters. The number of rotatable bonds is 67. The molecule has 1 fully saturated rings. The van der Waals surface area contributed by atoms with Gasteiger partial charge in [-0.15, -0.1) is 0 Å². The molecular weight excluding hydrogens is 1070 g/mol. The quantitative estimate of drug-likeness (QED) is 0.0215. The molecule has 11 nitrogen and oxygen atoms in total. The molecule has 0 saturated carbocycles. The number of ether oxygens (including phenoxy) is 2. The van der Waals surface area contributed by atoms with Gasteiger partial charge in [-0.2, -0.15) is 0 Å². The van der Waals surface area contributed by atoms with Crippen molar-refractivity contribution < 1.29 is 50.0 Å². The van der Waals surface area contributed by atoms with Crippen LogP contribution in [0.3, 0.4) is 0 Å². The fourth-order valence-electron chi connectivity index (χ4n) is 12.4. The first-order valence-electron chi connectivity index (χ1n) is 37.7. The van der Waals surface area contributed by atoms with E-state index in [4.69, 9.17) is 9.47 Å². The Morgan fingerprint density at radius 3 is 1.00 bits per heavy atom. The number of hydrogen-bond acceptors (Lipinski definition) is 10. The molecule has 0 aliphatic carbocycles. The maximum atomic E-state index is 13.3. The zero-order valence-electron chi connectivity index (χ0n) is 56.6. The zero-order chi connectivity index (χ0) is 62.4. The lowest BCUT2D eigenvalue weighted by Crippen LogP contribution is -2.60. The SMILES string of the molecule is CCCCCCCCCCCCCC/C=C\CCCCCCCCCCCCCCCC(O)C(=O)NC(COC1OC(CO)C(O)C(O)C1O)C(O)C(O)CCC/C=C/CCCCCCCCCCCCCCCCCCCCCCCCCCC. The Bertz CT molecular complexity index is 1450. The highest BCUT2D eigenvalue weighted by molar-refractivity contribution is 5.80. The van der Waals surface area contributed by atoms with E-state index in [0.29, 0.717) is 12.8 Å². The van der Waals surface area contributed by atoms with Crippen molar-refractivity contribution in [2.75, 3.05) is 13.2 Å². The van der Waals surface area contributed by atoms with E-state index in [2.05, 4.69) is 43.5 Å². The topological polar surface area (TPSA) is 189 Å². The van der Waals surface area contributed by atoms with Crippen molar-refractivity contribution in [3.05, 3.63) is 24.3 Å². The Hall–Kier alpha value is -1.41. The van der Waals surface area contributed by atoms with Crippen molar-refractivity contribution in [1.82, 2.24) is 5.32 Å². The molecule has 0 aromatic carbocycles. The van der Waals surface area contributed by atoms with Crippen LogP contribution in [0.5, 0.6) is 0 Å². The number of amides is 1. The molecule has 1 aliphatic rings. The molecule has 0 aromatic rings. The van der Waals surface area contributed by atoms with Crippen LogP contribution in [-0.4, -0.2) is 110 Å². The predicted octanol–water partition coefficient (Wildman–Crippen LogP) is 18.8. The molecule has 0 radical (unpaired) electrons. The van der Waals surface area contributed by atoms with Gasteiger partial charge in [0.25, 0.3) is 0 Å². The van der Waals surface area contributed by atoms with Crippen LogP contribution in [0, 0.1) is 0 Å². The lowest BCUT2D eigenvalue weighted by molar-refractivity contribution is -0.303. The molecule has 510 valence electrons. The molecule has 0 spiro atoms. The Kier molecular flexibility index (Phi) is 61.2. The third-order valence-corrected chi connectivity index (χ3v) is 18.5. The van der Waals surface area contributed by atoms with E-state index in [9.17, 15) is 40.5 Å². The Labute approximate surface area is 531 Å². The van der Waals surface area contributed by atoms with Gasteiger partial charge in [-0.3, -0.25) is 4.79 Å². The van der Waals surface area contributed by atoms with Gasteiger partial charge >= 0.3 is 0 Å². The molecule has 1 heterocycles. The summed E-state index contributed by atoms with van der Waals surface area (Å²) in [6.45, 7) is 3.51. The summed E-state index contributed by atoms with van der Waals surface area (Å²) < 4.78 is 11.2. The molecule has 1 amide bonds. The smallest absolute Gasteiger partial charge is 0.249 e. The minimum Gasteiger partial charge on any atom is -0.394 e. The van der Waals surface area contributed by atoms with Gasteiger partial charge in [-0.05, 0) is 64.2 Å². The highest BCUT2D eigenvalue weighted by Gasteiger charge is 2.44. The minimum absolute atomic E-state index is 0.256. The number of nitrogens with one attached hydrogen (secondary N) is 1. The van der Waals surface area contributed by atoms with E-state index >= 15 is 0 Å². The summed E-state index contributed by atoms with van der Waals surface area (Å²) in [4.78, 5) is 13.3. The first-order valence-corrected chi connectivity index (χ1v) is 37.7. The van der Waals surface area contributed by atoms with Crippen LogP contribution in [0.25, 0.3) is 0 Å². The highest BCUT2D eigenvalue weighted by atomic mass is 16.7. The van der Waals surface area contributed by atoms with Crippen LogP contribution in [0.15, 0.2) is 24.3 Å². The minimum atomic E-state index is -1.67. The predicted molar refractivity (Wildman–Crippen MR) is 362 cm³/mol. The van der Waals surface area contributed by atoms with Crippen LogP contribution in [0.4, 0.5) is 0 Å². The summed E-state index contributed by atoms with van der Waals surface area (Å²) in [5.41, 5.74) is 0. The van der Waals surface area contributed by atoms with Gasteiger partial charge < -0.3 is 50.5 Å². The number of aliphatic hydroxyl groups is 7. The molecule has 0 aromatic heterocycles. The lowest BCUT2D eigenvalue weighted by atomic mass is 9.98. The zero-order valence-corrected chi connectivity index (χ0v) is 56.6. The average molecular weight is 1220 g/mol. The van der Waals surface area contributed by atoms with Crippen molar-refractivity contribution in [2.45, 2.75) is 435 Å². The van der Waals surface area contributed by atoms with Crippen LogP contribution in [0.2, 0.25) is 0 Å². The molecule has 1 saturated heterocycles. The van der Waals surface area contributed by atoms with E-state index < -0.39 is 74.2 Å². The number of allylic oxidation sites excluding steroid dienone is 4. The first kappa shape index (κ1) is 82.6.